The van der Waals surface area contributed by atoms with Crippen LogP contribution in [0.15, 0.2) is 23.3 Å². The Hall–Kier alpha value is -2.51. The lowest BCUT2D eigenvalue weighted by Crippen LogP contribution is -2.21. The van der Waals surface area contributed by atoms with E-state index in [1.54, 1.807) is 0 Å². The molecule has 0 saturated heterocycles. The van der Waals surface area contributed by atoms with Crippen molar-refractivity contribution in [3.63, 3.8) is 0 Å². The zero-order chi connectivity index (χ0) is 16.3. The van der Waals surface area contributed by atoms with Crippen molar-refractivity contribution in [2.45, 2.75) is 33.1 Å². The van der Waals surface area contributed by atoms with Crippen LogP contribution in [0.3, 0.4) is 0 Å². The first kappa shape index (κ1) is 15.9. The van der Waals surface area contributed by atoms with Crippen LogP contribution in [-0.2, 0) is 0 Å². The Morgan fingerprint density at radius 3 is 2.50 bits per heavy atom. The zero-order valence-corrected chi connectivity index (χ0v) is 12.5. The highest BCUT2D eigenvalue weighted by atomic mass is 16.6. The maximum absolute atomic E-state index is 11.0. The van der Waals surface area contributed by atoms with Gasteiger partial charge in [0.25, 0.3) is 5.69 Å². The molecule has 1 N–H and O–H groups in total. The predicted octanol–water partition coefficient (Wildman–Crippen LogP) is 3.73. The molecule has 8 nitrogen and oxygen atoms in total. The molecule has 1 aliphatic rings. The summed E-state index contributed by atoms with van der Waals surface area (Å²) in [6.45, 7) is 4.36. The highest BCUT2D eigenvalue weighted by Crippen LogP contribution is 2.30. The molecule has 0 bridgehead atoms. The normalized spacial score (nSPS) is 23.3. The monoisotopic (exact) mass is 306 g/mol. The first-order valence-corrected chi connectivity index (χ1v) is 7.12. The number of anilines is 1. The van der Waals surface area contributed by atoms with Crippen molar-refractivity contribution < 1.29 is 9.85 Å². The quantitative estimate of drug-likeness (QED) is 0.673. The van der Waals surface area contributed by atoms with Crippen molar-refractivity contribution in [1.82, 2.24) is 0 Å². The molecule has 2 atom stereocenters. The number of nitro benzene ring substituents is 2. The third kappa shape index (κ3) is 3.57. The predicted molar refractivity (Wildman–Crippen MR) is 83.0 cm³/mol. The topological polar surface area (TPSA) is 111 Å². The van der Waals surface area contributed by atoms with E-state index in [4.69, 9.17) is 0 Å². The number of nitro groups is 2. The second-order valence-electron chi connectivity index (χ2n) is 5.70. The molecule has 1 aromatic carbocycles. The number of hydrazone groups is 1. The van der Waals surface area contributed by atoms with E-state index < -0.39 is 9.85 Å². The lowest BCUT2D eigenvalue weighted by molar-refractivity contribution is -0.393. The lowest BCUT2D eigenvalue weighted by atomic mass is 9.81. The van der Waals surface area contributed by atoms with Crippen molar-refractivity contribution in [1.29, 1.82) is 0 Å². The van der Waals surface area contributed by atoms with Crippen molar-refractivity contribution in [2.75, 3.05) is 5.43 Å². The summed E-state index contributed by atoms with van der Waals surface area (Å²) in [4.78, 5) is 20.4. The van der Waals surface area contributed by atoms with Crippen LogP contribution >= 0.6 is 0 Å². The zero-order valence-electron chi connectivity index (χ0n) is 12.5. The Morgan fingerprint density at radius 1 is 1.18 bits per heavy atom. The fourth-order valence-corrected chi connectivity index (χ4v) is 2.47. The Kier molecular flexibility index (Phi) is 4.69. The van der Waals surface area contributed by atoms with Crippen LogP contribution in [0.2, 0.25) is 0 Å². The van der Waals surface area contributed by atoms with Gasteiger partial charge in [0.05, 0.1) is 15.9 Å². The maximum Gasteiger partial charge on any atom is 0.301 e. The molecule has 22 heavy (non-hydrogen) atoms. The van der Waals surface area contributed by atoms with Gasteiger partial charge in [-0.25, -0.2) is 0 Å². The SMILES string of the molecule is CC1CC/C(=N\Nc2ccc([N+](=O)[O-])cc2[N+](=O)[O-])CC1C. The fourth-order valence-electron chi connectivity index (χ4n) is 2.47. The lowest BCUT2D eigenvalue weighted by Gasteiger charge is -2.26. The van der Waals surface area contributed by atoms with Crippen LogP contribution in [0.4, 0.5) is 17.1 Å². The molecule has 1 aromatic rings. The molecule has 118 valence electrons. The molecular weight excluding hydrogens is 288 g/mol. The standard InChI is InChI=1S/C14H18N4O4/c1-9-3-4-11(7-10(9)2)15-16-13-6-5-12(17(19)20)8-14(13)18(21)22/h5-6,8-10,16H,3-4,7H2,1-2H3/b15-11+. The molecule has 1 aliphatic carbocycles. The van der Waals surface area contributed by atoms with Gasteiger partial charge < -0.3 is 0 Å². The van der Waals surface area contributed by atoms with E-state index in [0.717, 1.165) is 31.0 Å². The Bertz CT molecular complexity index is 629. The summed E-state index contributed by atoms with van der Waals surface area (Å²) in [6, 6.07) is 3.48. The average molecular weight is 306 g/mol. The van der Waals surface area contributed by atoms with Gasteiger partial charge in [0, 0.05) is 11.8 Å². The van der Waals surface area contributed by atoms with E-state index in [0.29, 0.717) is 11.8 Å². The molecule has 1 fully saturated rings. The summed E-state index contributed by atoms with van der Waals surface area (Å²) >= 11 is 0. The first-order valence-electron chi connectivity index (χ1n) is 7.12. The summed E-state index contributed by atoms with van der Waals surface area (Å²) < 4.78 is 0. The smallest absolute Gasteiger partial charge is 0.272 e. The molecule has 2 unspecified atom stereocenters. The van der Waals surface area contributed by atoms with Crippen LogP contribution < -0.4 is 5.43 Å². The van der Waals surface area contributed by atoms with Gasteiger partial charge in [-0.2, -0.15) is 5.10 Å². The van der Waals surface area contributed by atoms with Gasteiger partial charge in [-0.05, 0) is 37.2 Å². The number of nitrogens with one attached hydrogen (secondary N) is 1. The van der Waals surface area contributed by atoms with Gasteiger partial charge in [-0.1, -0.05) is 13.8 Å². The Balaban J connectivity index is 2.19. The van der Waals surface area contributed by atoms with Crippen LogP contribution in [0.1, 0.15) is 33.1 Å². The molecule has 0 spiro atoms. The molecular formula is C14H18N4O4. The Labute approximate surface area is 127 Å². The second-order valence-corrected chi connectivity index (χ2v) is 5.70. The van der Waals surface area contributed by atoms with Crippen molar-refractivity contribution in [2.24, 2.45) is 16.9 Å². The largest absolute Gasteiger partial charge is 0.301 e. The summed E-state index contributed by atoms with van der Waals surface area (Å²) in [5.74, 6) is 1.17. The molecule has 8 heteroatoms. The minimum absolute atomic E-state index is 0.161. The number of non-ortho nitro benzene ring substituents is 1. The van der Waals surface area contributed by atoms with Crippen molar-refractivity contribution >= 4 is 22.8 Å². The number of nitrogens with zero attached hydrogens (tertiary/aromatic N) is 3. The number of hydrogen-bond acceptors (Lipinski definition) is 6. The average Bonchev–Trinajstić information content (AvgIpc) is 2.48. The van der Waals surface area contributed by atoms with Crippen molar-refractivity contribution in [3.8, 4) is 0 Å². The van der Waals surface area contributed by atoms with E-state index >= 15 is 0 Å². The van der Waals surface area contributed by atoms with E-state index in [2.05, 4.69) is 24.4 Å². The third-order valence-electron chi connectivity index (χ3n) is 4.14. The second kappa shape index (κ2) is 6.50. The highest BCUT2D eigenvalue weighted by Gasteiger charge is 2.22. The van der Waals surface area contributed by atoms with Crippen molar-refractivity contribution in [3.05, 3.63) is 38.4 Å². The van der Waals surface area contributed by atoms with Gasteiger partial charge in [-0.3, -0.25) is 25.7 Å². The summed E-state index contributed by atoms with van der Waals surface area (Å²) in [6.07, 6.45) is 2.76. The maximum atomic E-state index is 11.0. The minimum Gasteiger partial charge on any atom is -0.272 e. The van der Waals surface area contributed by atoms with E-state index in [9.17, 15) is 20.2 Å². The molecule has 0 amide bonds. The van der Waals surface area contributed by atoms with E-state index in [1.165, 1.54) is 12.1 Å². The minimum atomic E-state index is -0.660. The van der Waals surface area contributed by atoms with Gasteiger partial charge in [0.15, 0.2) is 0 Å². The van der Waals surface area contributed by atoms with Crippen LogP contribution in [0, 0.1) is 32.1 Å². The fraction of sp³-hybridized carbons (Fsp3) is 0.500. The van der Waals surface area contributed by atoms with Gasteiger partial charge >= 0.3 is 5.69 Å². The molecule has 0 aromatic heterocycles. The third-order valence-corrected chi connectivity index (χ3v) is 4.14. The molecule has 0 radical (unpaired) electrons. The summed E-state index contributed by atoms with van der Waals surface area (Å²) in [5.41, 5.74) is 3.16. The molecule has 0 heterocycles. The molecule has 2 rings (SSSR count). The van der Waals surface area contributed by atoms with Crippen LogP contribution in [0.25, 0.3) is 0 Å². The number of hydrogen-bond donors (Lipinski definition) is 1. The van der Waals surface area contributed by atoms with Gasteiger partial charge in [0.1, 0.15) is 5.69 Å². The number of rotatable bonds is 4. The molecule has 1 saturated carbocycles. The van der Waals surface area contributed by atoms with Gasteiger partial charge in [0.2, 0.25) is 0 Å². The Morgan fingerprint density at radius 2 is 1.91 bits per heavy atom. The van der Waals surface area contributed by atoms with E-state index in [1.807, 2.05) is 0 Å². The first-order chi connectivity index (χ1) is 10.4. The summed E-state index contributed by atoms with van der Waals surface area (Å²) in [7, 11) is 0. The number of benzene rings is 1. The van der Waals surface area contributed by atoms with Crippen LogP contribution in [-0.4, -0.2) is 15.6 Å². The van der Waals surface area contributed by atoms with E-state index in [-0.39, 0.29) is 17.1 Å². The highest BCUT2D eigenvalue weighted by molar-refractivity contribution is 5.86. The molecule has 0 aliphatic heterocycles. The van der Waals surface area contributed by atoms with Gasteiger partial charge in [-0.15, -0.1) is 0 Å². The summed E-state index contributed by atoms with van der Waals surface area (Å²) in [5, 5.41) is 26.0. The van der Waals surface area contributed by atoms with Crippen LogP contribution in [0.5, 0.6) is 0 Å².